The molecule has 0 bridgehead atoms. The maximum Gasteiger partial charge on any atom is 0.332 e. The summed E-state index contributed by atoms with van der Waals surface area (Å²) in [5.74, 6) is -0.686. The maximum atomic E-state index is 13.3. The Bertz CT molecular complexity index is 1300. The summed E-state index contributed by atoms with van der Waals surface area (Å²) in [5.41, 5.74) is 0.865. The highest BCUT2D eigenvalue weighted by Crippen LogP contribution is 2.32. The number of urea groups is 1. The number of fused-ring (bicyclic) bond motifs is 1. The number of imide groups is 1. The molecule has 0 radical (unpaired) electrons. The van der Waals surface area contributed by atoms with Crippen molar-refractivity contribution >= 4 is 46.5 Å². The Morgan fingerprint density at radius 3 is 2.45 bits per heavy atom. The number of carbonyl (C=O) groups excluding carboxylic acids is 3. The average molecular weight is 483 g/mol. The van der Waals surface area contributed by atoms with Gasteiger partial charge in [-0.15, -0.1) is 11.3 Å². The molecule has 2 aliphatic heterocycles. The van der Waals surface area contributed by atoms with Gasteiger partial charge in [0.15, 0.2) is 0 Å². The first kappa shape index (κ1) is 21.4. The number of aromatic nitrogens is 1. The molecule has 2 fully saturated rings. The van der Waals surface area contributed by atoms with E-state index in [1.54, 1.807) is 54.7 Å². The molecule has 2 saturated heterocycles. The van der Waals surface area contributed by atoms with Gasteiger partial charge in [0.25, 0.3) is 17.4 Å². The minimum absolute atomic E-state index is 0.179. The molecule has 0 aliphatic carbocycles. The highest BCUT2D eigenvalue weighted by molar-refractivity contribution is 7.18. The topological polar surface area (TPSA) is 91.7 Å². The third kappa shape index (κ3) is 3.83. The summed E-state index contributed by atoms with van der Waals surface area (Å²) in [5, 5.41) is 2.91. The first-order chi connectivity index (χ1) is 15.9. The van der Waals surface area contributed by atoms with Crippen LogP contribution in [0.15, 0.2) is 65.6 Å². The van der Waals surface area contributed by atoms with Gasteiger partial charge in [0.1, 0.15) is 6.04 Å². The smallest absolute Gasteiger partial charge is 0.332 e. The molecule has 4 amide bonds. The number of thiophene rings is 1. The van der Waals surface area contributed by atoms with E-state index in [-0.39, 0.29) is 17.4 Å². The molecule has 2 aliphatic rings. The van der Waals surface area contributed by atoms with Gasteiger partial charge in [-0.1, -0.05) is 17.7 Å². The lowest BCUT2D eigenvalue weighted by atomic mass is 9.96. The minimum atomic E-state index is -0.762. The van der Waals surface area contributed by atoms with Crippen LogP contribution in [0.1, 0.15) is 22.5 Å². The Balaban J connectivity index is 1.39. The average Bonchev–Trinajstić information content (AvgIpc) is 3.36. The summed E-state index contributed by atoms with van der Waals surface area (Å²) in [6.45, 7) is 0.445. The molecule has 3 aromatic rings. The monoisotopic (exact) mass is 482 g/mol. The summed E-state index contributed by atoms with van der Waals surface area (Å²) < 4.78 is 1.98. The number of carbonyl (C=O) groups is 3. The number of piperidine rings is 1. The van der Waals surface area contributed by atoms with Crippen LogP contribution in [0.3, 0.4) is 0 Å². The van der Waals surface area contributed by atoms with E-state index in [0.29, 0.717) is 40.0 Å². The standard InChI is InChI=1S/C23H19ClN4O4S/c24-18-11-10-17(33-18)21(30)25-16-4-3-13-27-20(16)22(31)28(23(27)32)15-8-6-14(7-9-15)26-12-2-1-5-19(26)29/h1-2,5-12,16,20H,3-4,13H2,(H,25,30)/t16-,20+/m1/s1. The number of nitrogens with one attached hydrogen (secondary N) is 1. The van der Waals surface area contributed by atoms with Gasteiger partial charge in [0.2, 0.25) is 0 Å². The number of pyridine rings is 1. The van der Waals surface area contributed by atoms with Crippen molar-refractivity contribution < 1.29 is 14.4 Å². The van der Waals surface area contributed by atoms with E-state index in [4.69, 9.17) is 11.6 Å². The van der Waals surface area contributed by atoms with Gasteiger partial charge < -0.3 is 10.2 Å². The van der Waals surface area contributed by atoms with Crippen molar-refractivity contribution in [1.82, 2.24) is 14.8 Å². The number of anilines is 1. The van der Waals surface area contributed by atoms with Gasteiger partial charge in [0.05, 0.1) is 20.9 Å². The fraction of sp³-hybridized carbons (Fsp3) is 0.217. The third-order valence-electron chi connectivity index (χ3n) is 5.86. The molecule has 8 nitrogen and oxygen atoms in total. The molecule has 5 rings (SSSR count). The molecule has 33 heavy (non-hydrogen) atoms. The molecule has 0 saturated carbocycles. The number of hydrogen-bond donors (Lipinski definition) is 1. The van der Waals surface area contributed by atoms with Gasteiger partial charge in [-0.2, -0.15) is 0 Å². The first-order valence-electron chi connectivity index (χ1n) is 10.4. The predicted molar refractivity (Wildman–Crippen MR) is 125 cm³/mol. The zero-order valence-electron chi connectivity index (χ0n) is 17.3. The summed E-state index contributed by atoms with van der Waals surface area (Å²) in [7, 11) is 0. The van der Waals surface area contributed by atoms with Crippen LogP contribution in [-0.4, -0.2) is 45.9 Å². The molecule has 1 aromatic carbocycles. The summed E-state index contributed by atoms with van der Waals surface area (Å²) in [6.07, 6.45) is 2.92. The molecule has 2 aromatic heterocycles. The van der Waals surface area contributed by atoms with E-state index >= 15 is 0 Å². The SMILES string of the molecule is O=C(N[C@@H]1CCCN2C(=O)N(c3ccc(-n4ccccc4=O)cc3)C(=O)[C@H]12)c1ccc(Cl)s1. The van der Waals surface area contributed by atoms with Gasteiger partial charge in [0, 0.05) is 24.5 Å². The van der Waals surface area contributed by atoms with E-state index in [1.807, 2.05) is 0 Å². The Morgan fingerprint density at radius 2 is 1.76 bits per heavy atom. The van der Waals surface area contributed by atoms with Crippen LogP contribution in [0.4, 0.5) is 10.5 Å². The largest absolute Gasteiger partial charge is 0.346 e. The second-order valence-electron chi connectivity index (χ2n) is 7.85. The normalized spacial score (nSPS) is 20.2. The second-order valence-corrected chi connectivity index (χ2v) is 9.56. The molecule has 0 spiro atoms. The van der Waals surface area contributed by atoms with E-state index in [1.165, 1.54) is 15.5 Å². The van der Waals surface area contributed by atoms with E-state index < -0.39 is 18.1 Å². The third-order valence-corrected chi connectivity index (χ3v) is 7.09. The van der Waals surface area contributed by atoms with E-state index in [0.717, 1.165) is 16.2 Å². The summed E-state index contributed by atoms with van der Waals surface area (Å²) in [6, 6.07) is 13.1. The minimum Gasteiger partial charge on any atom is -0.346 e. The Kier molecular flexibility index (Phi) is 5.51. The lowest BCUT2D eigenvalue weighted by molar-refractivity contribution is -0.121. The van der Waals surface area contributed by atoms with Crippen LogP contribution in [0.5, 0.6) is 0 Å². The molecular formula is C23H19ClN4O4S. The lowest BCUT2D eigenvalue weighted by Gasteiger charge is -2.34. The molecule has 4 heterocycles. The van der Waals surface area contributed by atoms with E-state index in [9.17, 15) is 19.2 Å². The lowest BCUT2D eigenvalue weighted by Crippen LogP contribution is -2.55. The molecule has 2 atom stereocenters. The van der Waals surface area contributed by atoms with Crippen LogP contribution < -0.4 is 15.8 Å². The number of halogens is 1. The van der Waals surface area contributed by atoms with Crippen LogP contribution in [0.2, 0.25) is 4.34 Å². The zero-order valence-corrected chi connectivity index (χ0v) is 18.9. The number of benzene rings is 1. The van der Waals surface area contributed by atoms with Crippen molar-refractivity contribution in [3.05, 3.63) is 80.4 Å². The van der Waals surface area contributed by atoms with Crippen molar-refractivity contribution in [2.75, 3.05) is 11.4 Å². The van der Waals surface area contributed by atoms with Gasteiger partial charge >= 0.3 is 6.03 Å². The van der Waals surface area contributed by atoms with Crippen molar-refractivity contribution in [3.63, 3.8) is 0 Å². The molecule has 1 N–H and O–H groups in total. The highest BCUT2D eigenvalue weighted by atomic mass is 35.5. The van der Waals surface area contributed by atoms with Crippen LogP contribution in [0.25, 0.3) is 5.69 Å². The zero-order chi connectivity index (χ0) is 23.1. The molecular weight excluding hydrogens is 464 g/mol. The summed E-state index contributed by atoms with van der Waals surface area (Å²) in [4.78, 5) is 54.3. The predicted octanol–water partition coefficient (Wildman–Crippen LogP) is 3.28. The second kappa shape index (κ2) is 8.49. The van der Waals surface area contributed by atoms with Gasteiger partial charge in [-0.3, -0.25) is 19.0 Å². The number of rotatable bonds is 4. The van der Waals surface area contributed by atoms with Crippen LogP contribution in [-0.2, 0) is 4.79 Å². The molecule has 10 heteroatoms. The highest BCUT2D eigenvalue weighted by Gasteiger charge is 2.51. The van der Waals surface area contributed by atoms with Gasteiger partial charge in [-0.05, 0) is 55.3 Å². The number of hydrogen-bond acceptors (Lipinski definition) is 5. The quantitative estimate of drug-likeness (QED) is 0.578. The van der Waals surface area contributed by atoms with E-state index in [2.05, 4.69) is 5.32 Å². The Hall–Kier alpha value is -3.43. The maximum absolute atomic E-state index is 13.3. The van der Waals surface area contributed by atoms with Crippen molar-refractivity contribution in [2.45, 2.75) is 24.9 Å². The fourth-order valence-corrected chi connectivity index (χ4v) is 5.28. The van der Waals surface area contributed by atoms with Crippen molar-refractivity contribution in [1.29, 1.82) is 0 Å². The number of nitrogens with zero attached hydrogens (tertiary/aromatic N) is 3. The first-order valence-corrected chi connectivity index (χ1v) is 11.6. The fourth-order valence-electron chi connectivity index (χ4n) is 4.34. The summed E-state index contributed by atoms with van der Waals surface area (Å²) >= 11 is 7.09. The van der Waals surface area contributed by atoms with Crippen LogP contribution >= 0.6 is 22.9 Å². The Labute approximate surface area is 198 Å². The van der Waals surface area contributed by atoms with Gasteiger partial charge in [-0.25, -0.2) is 9.69 Å². The Morgan fingerprint density at radius 1 is 1.00 bits per heavy atom. The van der Waals surface area contributed by atoms with Crippen molar-refractivity contribution in [3.8, 4) is 5.69 Å². The number of amides is 4. The van der Waals surface area contributed by atoms with Crippen LogP contribution in [0, 0.1) is 0 Å². The molecule has 168 valence electrons. The van der Waals surface area contributed by atoms with Crippen molar-refractivity contribution in [2.24, 2.45) is 0 Å². The molecule has 0 unspecified atom stereocenters.